The molecule has 0 saturated carbocycles. The van der Waals surface area contributed by atoms with Gasteiger partial charge in [-0.25, -0.2) is 8.42 Å². The molecular weight excluding hydrogens is 390 g/mol. The number of hydrogen-bond acceptors (Lipinski definition) is 5. The number of nitrogens with zero attached hydrogens (tertiary/aromatic N) is 2. The number of benzene rings is 2. The summed E-state index contributed by atoms with van der Waals surface area (Å²) in [5, 5.41) is 12.0. The minimum atomic E-state index is -3.59. The van der Waals surface area contributed by atoms with E-state index in [0.717, 1.165) is 5.56 Å². The van der Waals surface area contributed by atoms with Gasteiger partial charge in [0.2, 0.25) is 10.0 Å². The summed E-state index contributed by atoms with van der Waals surface area (Å²) in [5.74, 6) is -0.340. The predicted molar refractivity (Wildman–Crippen MR) is 109 cm³/mol. The van der Waals surface area contributed by atoms with Crippen LogP contribution in [0.2, 0.25) is 0 Å². The fraction of sp³-hybridized carbons (Fsp3) is 0.333. The van der Waals surface area contributed by atoms with E-state index in [9.17, 15) is 18.5 Å². The molecule has 1 heterocycles. The Bertz CT molecular complexity index is 1020. The van der Waals surface area contributed by atoms with E-state index in [1.165, 1.54) is 28.6 Å². The molecule has 2 aromatic carbocycles. The molecule has 1 saturated heterocycles. The number of nitrogens with one attached hydrogen (secondary N) is 1. The topological polar surface area (TPSA) is 99.5 Å². The highest BCUT2D eigenvalue weighted by molar-refractivity contribution is 7.89. The molecule has 0 unspecified atom stereocenters. The molecule has 1 fully saturated rings. The predicted octanol–water partition coefficient (Wildman–Crippen LogP) is 2.76. The second-order valence-electron chi connectivity index (χ2n) is 7.31. The molecule has 0 spiro atoms. The van der Waals surface area contributed by atoms with Gasteiger partial charge in [-0.3, -0.25) is 4.79 Å². The maximum absolute atomic E-state index is 12.6. The van der Waals surface area contributed by atoms with E-state index >= 15 is 0 Å². The van der Waals surface area contributed by atoms with Crippen LogP contribution in [0.25, 0.3) is 0 Å². The number of amides is 1. The second kappa shape index (κ2) is 8.33. The van der Waals surface area contributed by atoms with Crippen molar-refractivity contribution in [3.8, 4) is 6.07 Å². The molecule has 0 aromatic heterocycles. The van der Waals surface area contributed by atoms with Crippen molar-refractivity contribution in [1.82, 2.24) is 4.31 Å². The monoisotopic (exact) mass is 413 g/mol. The number of sulfonamides is 1. The quantitative estimate of drug-likeness (QED) is 0.812. The molecule has 0 atom stereocenters. The third kappa shape index (κ3) is 4.65. The number of anilines is 1. The first-order valence-corrected chi connectivity index (χ1v) is 10.7. The molecule has 2 aromatic rings. The highest BCUT2D eigenvalue weighted by Crippen LogP contribution is 2.24. The maximum Gasteiger partial charge on any atom is 0.255 e. The van der Waals surface area contributed by atoms with E-state index in [4.69, 9.17) is 4.74 Å². The van der Waals surface area contributed by atoms with Gasteiger partial charge in [-0.15, -0.1) is 0 Å². The molecule has 3 rings (SSSR count). The Morgan fingerprint density at radius 2 is 1.66 bits per heavy atom. The van der Waals surface area contributed by atoms with E-state index in [1.807, 2.05) is 13.8 Å². The van der Waals surface area contributed by atoms with Crippen molar-refractivity contribution in [2.24, 2.45) is 0 Å². The molecule has 8 heteroatoms. The standard InChI is InChI=1S/C21H23N3O4S/c1-21(2,15-22)17-5-7-18(8-6-17)23-20(25)16-3-9-19(10-4-16)29(26,27)24-11-13-28-14-12-24/h3-10H,11-14H2,1-2H3,(H,23,25). The summed E-state index contributed by atoms with van der Waals surface area (Å²) in [6, 6.07) is 15.2. The zero-order chi connectivity index (χ0) is 21.1. The molecule has 7 nitrogen and oxygen atoms in total. The van der Waals surface area contributed by atoms with Gasteiger partial charge >= 0.3 is 0 Å². The fourth-order valence-electron chi connectivity index (χ4n) is 2.95. The minimum absolute atomic E-state index is 0.152. The first-order valence-electron chi connectivity index (χ1n) is 9.25. The van der Waals surface area contributed by atoms with Gasteiger partial charge in [-0.1, -0.05) is 12.1 Å². The van der Waals surface area contributed by atoms with Gasteiger partial charge in [0.25, 0.3) is 5.91 Å². The summed E-state index contributed by atoms with van der Waals surface area (Å²) in [6.07, 6.45) is 0. The number of ether oxygens (including phenoxy) is 1. The van der Waals surface area contributed by atoms with Crippen LogP contribution in [0.1, 0.15) is 29.8 Å². The largest absolute Gasteiger partial charge is 0.379 e. The summed E-state index contributed by atoms with van der Waals surface area (Å²) in [4.78, 5) is 12.6. The first kappa shape index (κ1) is 21.0. The third-order valence-electron chi connectivity index (χ3n) is 4.87. The van der Waals surface area contributed by atoms with Gasteiger partial charge in [0.15, 0.2) is 0 Å². The van der Waals surface area contributed by atoms with Crippen molar-refractivity contribution < 1.29 is 17.9 Å². The highest BCUT2D eigenvalue weighted by atomic mass is 32.2. The van der Waals surface area contributed by atoms with Crippen LogP contribution in [0.4, 0.5) is 5.69 Å². The molecule has 29 heavy (non-hydrogen) atoms. The van der Waals surface area contributed by atoms with Crippen LogP contribution < -0.4 is 5.32 Å². The molecule has 1 amide bonds. The zero-order valence-corrected chi connectivity index (χ0v) is 17.2. The Morgan fingerprint density at radius 1 is 1.07 bits per heavy atom. The molecule has 0 radical (unpaired) electrons. The number of rotatable bonds is 5. The Hall–Kier alpha value is -2.73. The lowest BCUT2D eigenvalue weighted by atomic mass is 9.86. The lowest BCUT2D eigenvalue weighted by Gasteiger charge is -2.26. The fourth-order valence-corrected chi connectivity index (χ4v) is 4.36. The van der Waals surface area contributed by atoms with E-state index in [-0.39, 0.29) is 10.8 Å². The zero-order valence-electron chi connectivity index (χ0n) is 16.4. The lowest BCUT2D eigenvalue weighted by molar-refractivity contribution is 0.0730. The smallest absolute Gasteiger partial charge is 0.255 e. The summed E-state index contributed by atoms with van der Waals surface area (Å²) >= 11 is 0. The molecule has 1 N–H and O–H groups in total. The van der Waals surface area contributed by atoms with Crippen LogP contribution in [-0.2, 0) is 20.2 Å². The Labute approximate surface area is 171 Å². The van der Waals surface area contributed by atoms with Gasteiger partial charge in [-0.05, 0) is 55.8 Å². The van der Waals surface area contributed by atoms with Gasteiger partial charge in [0.05, 0.1) is 29.6 Å². The number of carbonyl (C=O) groups is 1. The van der Waals surface area contributed by atoms with Crippen molar-refractivity contribution in [1.29, 1.82) is 5.26 Å². The van der Waals surface area contributed by atoms with E-state index in [2.05, 4.69) is 11.4 Å². The normalized spacial score (nSPS) is 15.5. The molecule has 0 aliphatic carbocycles. The Morgan fingerprint density at radius 3 is 2.21 bits per heavy atom. The van der Waals surface area contributed by atoms with Crippen LogP contribution >= 0.6 is 0 Å². The first-order chi connectivity index (χ1) is 13.7. The molecule has 1 aliphatic heterocycles. The minimum Gasteiger partial charge on any atom is -0.379 e. The van der Waals surface area contributed by atoms with Crippen molar-refractivity contribution in [3.63, 3.8) is 0 Å². The Kier molecular flexibility index (Phi) is 6.03. The number of morpholine rings is 1. The average molecular weight is 413 g/mol. The van der Waals surface area contributed by atoms with Crippen LogP contribution in [0.3, 0.4) is 0 Å². The molecule has 0 bridgehead atoms. The molecular formula is C21H23N3O4S. The van der Waals surface area contributed by atoms with Crippen LogP contribution in [0.15, 0.2) is 53.4 Å². The van der Waals surface area contributed by atoms with Crippen LogP contribution in [0.5, 0.6) is 0 Å². The maximum atomic E-state index is 12.6. The van der Waals surface area contributed by atoms with E-state index in [0.29, 0.717) is 37.6 Å². The SMILES string of the molecule is CC(C)(C#N)c1ccc(NC(=O)c2ccc(S(=O)(=O)N3CCOCC3)cc2)cc1. The van der Waals surface area contributed by atoms with E-state index < -0.39 is 15.4 Å². The summed E-state index contributed by atoms with van der Waals surface area (Å²) < 4.78 is 31.9. The lowest BCUT2D eigenvalue weighted by Crippen LogP contribution is -2.40. The van der Waals surface area contributed by atoms with Gasteiger partial charge < -0.3 is 10.1 Å². The number of hydrogen-bond donors (Lipinski definition) is 1. The van der Waals surface area contributed by atoms with Crippen molar-refractivity contribution in [3.05, 3.63) is 59.7 Å². The van der Waals surface area contributed by atoms with Gasteiger partial charge in [-0.2, -0.15) is 9.57 Å². The average Bonchev–Trinajstić information content (AvgIpc) is 2.75. The van der Waals surface area contributed by atoms with Crippen molar-refractivity contribution in [2.75, 3.05) is 31.6 Å². The van der Waals surface area contributed by atoms with Gasteiger partial charge in [0.1, 0.15) is 0 Å². The summed E-state index contributed by atoms with van der Waals surface area (Å²) in [7, 11) is -3.59. The van der Waals surface area contributed by atoms with Gasteiger partial charge in [0, 0.05) is 24.3 Å². The number of nitriles is 1. The third-order valence-corrected chi connectivity index (χ3v) is 6.78. The highest BCUT2D eigenvalue weighted by Gasteiger charge is 2.26. The summed E-state index contributed by atoms with van der Waals surface area (Å²) in [6.45, 7) is 5.06. The number of carbonyl (C=O) groups excluding carboxylic acids is 1. The van der Waals surface area contributed by atoms with Crippen molar-refractivity contribution in [2.45, 2.75) is 24.2 Å². The molecule has 1 aliphatic rings. The van der Waals surface area contributed by atoms with Crippen LogP contribution in [0, 0.1) is 11.3 Å². The Balaban J connectivity index is 1.70. The van der Waals surface area contributed by atoms with Crippen LogP contribution in [-0.4, -0.2) is 44.9 Å². The van der Waals surface area contributed by atoms with Crippen molar-refractivity contribution >= 4 is 21.6 Å². The summed E-state index contributed by atoms with van der Waals surface area (Å²) in [5.41, 5.74) is 1.20. The second-order valence-corrected chi connectivity index (χ2v) is 9.25. The molecule has 152 valence electrons. The van der Waals surface area contributed by atoms with E-state index in [1.54, 1.807) is 24.3 Å².